The summed E-state index contributed by atoms with van der Waals surface area (Å²) in [6.07, 6.45) is 1.91. The van der Waals surface area contributed by atoms with E-state index >= 15 is 0 Å². The standard InChI is InChI=1S/C15H20N2O2.ClH/c1-11(16)6-7-15(18)17-9-8-13-10-12-4-2-3-5-14(12)19-13;/h2-5,10-11H,6-9,16H2,1H3,(H,17,18);1H. The number of furan rings is 1. The van der Waals surface area contributed by atoms with Crippen LogP contribution in [0.3, 0.4) is 0 Å². The molecular weight excluding hydrogens is 276 g/mol. The van der Waals surface area contributed by atoms with E-state index in [1.165, 1.54) is 0 Å². The Labute approximate surface area is 125 Å². The van der Waals surface area contributed by atoms with Crippen LogP contribution in [0.5, 0.6) is 0 Å². The lowest BCUT2D eigenvalue weighted by molar-refractivity contribution is -0.121. The number of halogens is 1. The van der Waals surface area contributed by atoms with Gasteiger partial charge < -0.3 is 15.5 Å². The van der Waals surface area contributed by atoms with Crippen molar-refractivity contribution >= 4 is 29.3 Å². The van der Waals surface area contributed by atoms with E-state index in [0.717, 1.165) is 23.2 Å². The lowest BCUT2D eigenvalue weighted by atomic mass is 10.2. The lowest BCUT2D eigenvalue weighted by Crippen LogP contribution is -2.27. The van der Waals surface area contributed by atoms with Gasteiger partial charge in [0.1, 0.15) is 11.3 Å². The molecule has 0 spiro atoms. The second-order valence-corrected chi connectivity index (χ2v) is 4.87. The molecule has 0 aliphatic carbocycles. The van der Waals surface area contributed by atoms with Crippen LogP contribution in [0.4, 0.5) is 0 Å². The van der Waals surface area contributed by atoms with Crippen molar-refractivity contribution in [2.45, 2.75) is 32.2 Å². The summed E-state index contributed by atoms with van der Waals surface area (Å²) in [4.78, 5) is 11.5. The fourth-order valence-electron chi connectivity index (χ4n) is 1.93. The van der Waals surface area contributed by atoms with E-state index < -0.39 is 0 Å². The first-order valence-corrected chi connectivity index (χ1v) is 6.65. The molecule has 0 saturated heterocycles. The summed E-state index contributed by atoms with van der Waals surface area (Å²) in [5, 5.41) is 3.97. The Morgan fingerprint density at radius 1 is 1.40 bits per heavy atom. The first-order chi connectivity index (χ1) is 9.15. The van der Waals surface area contributed by atoms with E-state index in [9.17, 15) is 4.79 Å². The number of fused-ring (bicyclic) bond motifs is 1. The second kappa shape index (κ2) is 7.92. The van der Waals surface area contributed by atoms with E-state index in [1.807, 2.05) is 37.3 Å². The predicted molar refractivity (Wildman–Crippen MR) is 83.1 cm³/mol. The Morgan fingerprint density at radius 3 is 2.85 bits per heavy atom. The summed E-state index contributed by atoms with van der Waals surface area (Å²) >= 11 is 0. The zero-order valence-electron chi connectivity index (χ0n) is 11.6. The van der Waals surface area contributed by atoms with Crippen LogP contribution in [0.2, 0.25) is 0 Å². The average molecular weight is 297 g/mol. The second-order valence-electron chi connectivity index (χ2n) is 4.87. The van der Waals surface area contributed by atoms with Gasteiger partial charge in [-0.15, -0.1) is 12.4 Å². The van der Waals surface area contributed by atoms with Gasteiger partial charge in [-0.2, -0.15) is 0 Å². The van der Waals surface area contributed by atoms with Crippen molar-refractivity contribution in [3.05, 3.63) is 36.1 Å². The van der Waals surface area contributed by atoms with E-state index in [1.54, 1.807) is 0 Å². The number of rotatable bonds is 6. The summed E-state index contributed by atoms with van der Waals surface area (Å²) in [6, 6.07) is 9.98. The Bertz CT molecular complexity index is 519. The van der Waals surface area contributed by atoms with Gasteiger partial charge in [0.05, 0.1) is 0 Å². The number of nitrogens with one attached hydrogen (secondary N) is 1. The number of para-hydroxylation sites is 1. The van der Waals surface area contributed by atoms with Crippen molar-refractivity contribution < 1.29 is 9.21 Å². The summed E-state index contributed by atoms with van der Waals surface area (Å²) in [5.41, 5.74) is 6.50. The molecule has 1 amide bonds. The average Bonchev–Trinajstić information content (AvgIpc) is 2.79. The van der Waals surface area contributed by atoms with E-state index in [4.69, 9.17) is 10.2 Å². The number of amides is 1. The molecule has 0 aliphatic heterocycles. The Hall–Kier alpha value is -1.52. The minimum absolute atomic E-state index is 0. The van der Waals surface area contributed by atoms with Crippen LogP contribution in [0.1, 0.15) is 25.5 Å². The number of hydrogen-bond donors (Lipinski definition) is 2. The Kier molecular flexibility index (Phi) is 6.55. The Balaban J connectivity index is 0.00000200. The van der Waals surface area contributed by atoms with Crippen molar-refractivity contribution in [3.8, 4) is 0 Å². The molecule has 1 atom stereocenters. The van der Waals surface area contributed by atoms with Crippen LogP contribution in [-0.2, 0) is 11.2 Å². The minimum atomic E-state index is 0. The van der Waals surface area contributed by atoms with Crippen LogP contribution in [0.15, 0.2) is 34.7 Å². The molecule has 2 rings (SSSR count). The van der Waals surface area contributed by atoms with Crippen LogP contribution in [-0.4, -0.2) is 18.5 Å². The van der Waals surface area contributed by atoms with Gasteiger partial charge in [0.25, 0.3) is 0 Å². The largest absolute Gasteiger partial charge is 0.461 e. The van der Waals surface area contributed by atoms with Gasteiger partial charge >= 0.3 is 0 Å². The molecule has 3 N–H and O–H groups in total. The molecule has 1 heterocycles. The molecule has 1 aromatic heterocycles. The lowest BCUT2D eigenvalue weighted by Gasteiger charge is -2.05. The van der Waals surface area contributed by atoms with E-state index in [-0.39, 0.29) is 24.4 Å². The normalized spacial score (nSPS) is 11.9. The van der Waals surface area contributed by atoms with Gasteiger partial charge in [0.2, 0.25) is 5.91 Å². The fraction of sp³-hybridized carbons (Fsp3) is 0.400. The van der Waals surface area contributed by atoms with Crippen molar-refractivity contribution in [1.82, 2.24) is 5.32 Å². The minimum Gasteiger partial charge on any atom is -0.461 e. The number of carbonyl (C=O) groups excluding carboxylic acids is 1. The maximum Gasteiger partial charge on any atom is 0.220 e. The summed E-state index contributed by atoms with van der Waals surface area (Å²) in [5.74, 6) is 0.946. The smallest absolute Gasteiger partial charge is 0.220 e. The van der Waals surface area contributed by atoms with E-state index in [2.05, 4.69) is 5.32 Å². The van der Waals surface area contributed by atoms with Gasteiger partial charge in [-0.1, -0.05) is 18.2 Å². The molecule has 0 saturated carbocycles. The van der Waals surface area contributed by atoms with Gasteiger partial charge in [-0.3, -0.25) is 4.79 Å². The summed E-state index contributed by atoms with van der Waals surface area (Å²) in [6.45, 7) is 2.50. The van der Waals surface area contributed by atoms with Gasteiger partial charge in [0.15, 0.2) is 0 Å². The summed E-state index contributed by atoms with van der Waals surface area (Å²) in [7, 11) is 0. The van der Waals surface area contributed by atoms with Crippen LogP contribution in [0, 0.1) is 0 Å². The van der Waals surface area contributed by atoms with Gasteiger partial charge in [0, 0.05) is 30.8 Å². The number of nitrogens with two attached hydrogens (primary N) is 1. The molecule has 20 heavy (non-hydrogen) atoms. The topological polar surface area (TPSA) is 68.3 Å². The first-order valence-electron chi connectivity index (χ1n) is 6.65. The highest BCUT2D eigenvalue weighted by Crippen LogP contribution is 2.18. The van der Waals surface area contributed by atoms with Gasteiger partial charge in [-0.05, 0) is 25.5 Å². The maximum atomic E-state index is 11.5. The third kappa shape index (κ3) is 4.87. The molecule has 4 nitrogen and oxygen atoms in total. The van der Waals surface area contributed by atoms with Crippen LogP contribution in [0.25, 0.3) is 11.0 Å². The molecule has 1 unspecified atom stereocenters. The van der Waals surface area contributed by atoms with Crippen molar-refractivity contribution in [1.29, 1.82) is 0 Å². The molecule has 0 radical (unpaired) electrons. The number of carbonyl (C=O) groups is 1. The molecule has 1 aromatic carbocycles. The number of benzene rings is 1. The first kappa shape index (κ1) is 16.5. The quantitative estimate of drug-likeness (QED) is 0.861. The third-order valence-corrected chi connectivity index (χ3v) is 3.00. The zero-order valence-corrected chi connectivity index (χ0v) is 12.4. The van der Waals surface area contributed by atoms with E-state index in [0.29, 0.717) is 19.4 Å². The van der Waals surface area contributed by atoms with Gasteiger partial charge in [-0.25, -0.2) is 0 Å². The fourth-order valence-corrected chi connectivity index (χ4v) is 1.93. The van der Waals surface area contributed by atoms with Crippen molar-refractivity contribution in [3.63, 3.8) is 0 Å². The monoisotopic (exact) mass is 296 g/mol. The molecular formula is C15H21ClN2O2. The third-order valence-electron chi connectivity index (χ3n) is 3.00. The van der Waals surface area contributed by atoms with Crippen molar-refractivity contribution in [2.24, 2.45) is 5.73 Å². The highest BCUT2D eigenvalue weighted by Gasteiger charge is 2.05. The highest BCUT2D eigenvalue weighted by molar-refractivity contribution is 5.85. The van der Waals surface area contributed by atoms with Crippen LogP contribution >= 0.6 is 12.4 Å². The molecule has 110 valence electrons. The molecule has 2 aromatic rings. The van der Waals surface area contributed by atoms with Crippen molar-refractivity contribution in [2.75, 3.05) is 6.54 Å². The Morgan fingerprint density at radius 2 is 2.15 bits per heavy atom. The molecule has 0 bridgehead atoms. The predicted octanol–water partition coefficient (Wildman–Crippen LogP) is 2.64. The molecule has 0 aliphatic rings. The number of hydrogen-bond acceptors (Lipinski definition) is 3. The van der Waals surface area contributed by atoms with Crippen LogP contribution < -0.4 is 11.1 Å². The molecule has 5 heteroatoms. The maximum absolute atomic E-state index is 11.5. The SMILES string of the molecule is CC(N)CCC(=O)NCCc1cc2ccccc2o1.Cl. The summed E-state index contributed by atoms with van der Waals surface area (Å²) < 4.78 is 5.68. The zero-order chi connectivity index (χ0) is 13.7. The molecule has 0 fully saturated rings. The highest BCUT2D eigenvalue weighted by atomic mass is 35.5.